The van der Waals surface area contributed by atoms with Gasteiger partial charge in [-0.1, -0.05) is 90.5 Å². The summed E-state index contributed by atoms with van der Waals surface area (Å²) in [6, 6.07) is 31.2. The molecule has 1 aliphatic heterocycles. The predicted molar refractivity (Wildman–Crippen MR) is 157 cm³/mol. The van der Waals surface area contributed by atoms with E-state index in [-0.39, 0.29) is 12.5 Å². The van der Waals surface area contributed by atoms with Gasteiger partial charge in [0.05, 0.1) is 7.11 Å². The zero-order valence-electron chi connectivity index (χ0n) is 23.3. The summed E-state index contributed by atoms with van der Waals surface area (Å²) < 4.78 is 17.3. The van der Waals surface area contributed by atoms with E-state index in [4.69, 9.17) is 14.2 Å². The van der Waals surface area contributed by atoms with Crippen LogP contribution in [-0.4, -0.2) is 43.3 Å². The molecule has 2 atom stereocenters. The Morgan fingerprint density at radius 3 is 2.02 bits per heavy atom. The topological polar surface area (TPSA) is 65.1 Å². The number of benzene rings is 4. The van der Waals surface area contributed by atoms with Gasteiger partial charge in [-0.3, -0.25) is 4.90 Å². The number of esters is 1. The van der Waals surface area contributed by atoms with Crippen molar-refractivity contribution in [3.8, 4) is 16.9 Å². The van der Waals surface area contributed by atoms with E-state index in [1.54, 1.807) is 7.11 Å². The molecule has 0 spiro atoms. The molecule has 0 N–H and O–H groups in total. The molecular formula is C35H33NO5. The third-order valence-corrected chi connectivity index (χ3v) is 8.13. The van der Waals surface area contributed by atoms with E-state index >= 15 is 0 Å². The lowest BCUT2D eigenvalue weighted by Crippen LogP contribution is -2.42. The molecule has 41 heavy (non-hydrogen) atoms. The molecular weight excluding hydrogens is 514 g/mol. The Morgan fingerprint density at radius 2 is 1.41 bits per heavy atom. The Labute approximate surface area is 240 Å². The Hall–Kier alpha value is -4.58. The van der Waals surface area contributed by atoms with Crippen molar-refractivity contribution in [2.75, 3.05) is 20.3 Å². The molecule has 6 nitrogen and oxygen atoms in total. The zero-order chi connectivity index (χ0) is 28.3. The van der Waals surface area contributed by atoms with Crippen molar-refractivity contribution in [3.63, 3.8) is 0 Å². The van der Waals surface area contributed by atoms with Crippen LogP contribution in [0.25, 0.3) is 11.1 Å². The molecule has 0 radical (unpaired) electrons. The van der Waals surface area contributed by atoms with Gasteiger partial charge in [0.15, 0.2) is 6.10 Å². The van der Waals surface area contributed by atoms with Crippen LogP contribution in [0.3, 0.4) is 0 Å². The van der Waals surface area contributed by atoms with Gasteiger partial charge in [0.2, 0.25) is 0 Å². The number of likely N-dealkylation sites (tertiary alicyclic amines) is 1. The molecule has 1 aliphatic carbocycles. The Balaban J connectivity index is 1.17. The number of nitrogens with zero attached hydrogens (tertiary/aromatic N) is 1. The van der Waals surface area contributed by atoms with E-state index in [2.05, 4.69) is 24.3 Å². The molecule has 4 aromatic rings. The van der Waals surface area contributed by atoms with Crippen molar-refractivity contribution < 1.29 is 23.8 Å². The van der Waals surface area contributed by atoms with Crippen LogP contribution in [0.2, 0.25) is 0 Å². The average Bonchev–Trinajstić information content (AvgIpc) is 3.63. The second-order valence-corrected chi connectivity index (χ2v) is 10.7. The monoisotopic (exact) mass is 547 g/mol. The van der Waals surface area contributed by atoms with Crippen LogP contribution in [0.4, 0.5) is 4.79 Å². The lowest BCUT2D eigenvalue weighted by molar-refractivity contribution is -0.152. The van der Waals surface area contributed by atoms with Crippen LogP contribution < -0.4 is 4.74 Å². The highest BCUT2D eigenvalue weighted by Crippen LogP contribution is 2.44. The fraction of sp³-hybridized carbons (Fsp3) is 0.257. The normalized spacial score (nSPS) is 16.5. The third kappa shape index (κ3) is 5.30. The number of carbonyl (C=O) groups is 2. The fourth-order valence-corrected chi connectivity index (χ4v) is 5.95. The van der Waals surface area contributed by atoms with Gasteiger partial charge in [-0.2, -0.15) is 0 Å². The smallest absolute Gasteiger partial charge is 0.410 e. The molecule has 1 fully saturated rings. The number of hydrogen-bond donors (Lipinski definition) is 0. The van der Waals surface area contributed by atoms with Gasteiger partial charge in [-0.05, 0) is 65.3 Å². The van der Waals surface area contributed by atoms with Crippen LogP contribution in [0.5, 0.6) is 5.75 Å². The van der Waals surface area contributed by atoms with Gasteiger partial charge in [0.1, 0.15) is 18.4 Å². The van der Waals surface area contributed by atoms with E-state index in [0.29, 0.717) is 19.4 Å². The number of hydrogen-bond acceptors (Lipinski definition) is 5. The number of carbonyl (C=O) groups excluding carboxylic acids is 2. The summed E-state index contributed by atoms with van der Waals surface area (Å²) in [5.41, 5.74) is 7.46. The molecule has 1 unspecified atom stereocenters. The zero-order valence-corrected chi connectivity index (χ0v) is 23.3. The Morgan fingerprint density at radius 1 is 0.829 bits per heavy atom. The molecule has 0 bridgehead atoms. The van der Waals surface area contributed by atoms with E-state index < -0.39 is 24.2 Å². The number of ether oxygens (including phenoxy) is 3. The largest absolute Gasteiger partial charge is 0.497 e. The molecule has 208 valence electrons. The Kier molecular flexibility index (Phi) is 7.47. The maximum Gasteiger partial charge on any atom is 0.410 e. The lowest BCUT2D eigenvalue weighted by atomic mass is 9.98. The van der Waals surface area contributed by atoms with Crippen LogP contribution in [-0.2, 0) is 14.3 Å². The fourth-order valence-electron chi connectivity index (χ4n) is 5.95. The second kappa shape index (κ2) is 11.5. The van der Waals surface area contributed by atoms with Gasteiger partial charge in [0, 0.05) is 12.5 Å². The number of amides is 1. The molecule has 4 aromatic carbocycles. The van der Waals surface area contributed by atoms with Gasteiger partial charge in [-0.25, -0.2) is 9.59 Å². The summed E-state index contributed by atoms with van der Waals surface area (Å²) >= 11 is 0. The second-order valence-electron chi connectivity index (χ2n) is 10.7. The SMILES string of the molecule is COc1ccc(C(OC(=O)[C@@H]2CCCN2C(=O)OCC2c3ccccc3-c3ccccc32)c2ccc(C)cc2)cc1. The highest BCUT2D eigenvalue weighted by Gasteiger charge is 2.38. The molecule has 1 saturated heterocycles. The highest BCUT2D eigenvalue weighted by molar-refractivity contribution is 5.83. The maximum absolute atomic E-state index is 13.6. The number of aryl methyl sites for hydroxylation is 1. The minimum atomic E-state index is -0.697. The maximum atomic E-state index is 13.6. The van der Waals surface area contributed by atoms with Crippen molar-refractivity contribution in [2.24, 2.45) is 0 Å². The van der Waals surface area contributed by atoms with E-state index in [1.807, 2.05) is 79.7 Å². The minimum Gasteiger partial charge on any atom is -0.497 e. The number of methoxy groups -OCH3 is 1. The molecule has 1 amide bonds. The first-order valence-corrected chi connectivity index (χ1v) is 14.1. The van der Waals surface area contributed by atoms with Gasteiger partial charge >= 0.3 is 12.1 Å². The summed E-state index contributed by atoms with van der Waals surface area (Å²) in [5.74, 6) is 0.248. The summed E-state index contributed by atoms with van der Waals surface area (Å²) in [5, 5.41) is 0. The van der Waals surface area contributed by atoms with Crippen molar-refractivity contribution in [3.05, 3.63) is 125 Å². The molecule has 6 heteroatoms. The lowest BCUT2D eigenvalue weighted by Gasteiger charge is -2.26. The van der Waals surface area contributed by atoms with E-state index in [1.165, 1.54) is 16.0 Å². The quantitative estimate of drug-likeness (QED) is 0.232. The molecule has 0 aromatic heterocycles. The van der Waals surface area contributed by atoms with Gasteiger partial charge < -0.3 is 14.2 Å². The summed E-state index contributed by atoms with van der Waals surface area (Å²) in [6.45, 7) is 2.68. The van der Waals surface area contributed by atoms with Crippen molar-refractivity contribution in [1.29, 1.82) is 0 Å². The van der Waals surface area contributed by atoms with Crippen molar-refractivity contribution >= 4 is 12.1 Å². The molecule has 1 heterocycles. The molecule has 2 aliphatic rings. The summed E-state index contributed by atoms with van der Waals surface area (Å²) in [6.07, 6.45) is 0.148. The summed E-state index contributed by atoms with van der Waals surface area (Å²) in [4.78, 5) is 28.5. The first-order chi connectivity index (χ1) is 20.0. The van der Waals surface area contributed by atoms with Crippen LogP contribution in [0.15, 0.2) is 97.1 Å². The first-order valence-electron chi connectivity index (χ1n) is 14.1. The first kappa shape index (κ1) is 26.6. The number of fused-ring (bicyclic) bond motifs is 3. The third-order valence-electron chi connectivity index (χ3n) is 8.13. The van der Waals surface area contributed by atoms with Crippen molar-refractivity contribution in [1.82, 2.24) is 4.90 Å². The van der Waals surface area contributed by atoms with Crippen LogP contribution in [0, 0.1) is 6.92 Å². The van der Waals surface area contributed by atoms with E-state index in [0.717, 1.165) is 33.6 Å². The van der Waals surface area contributed by atoms with Gasteiger partial charge in [0.25, 0.3) is 0 Å². The Bertz CT molecular complexity index is 1500. The summed E-state index contributed by atoms with van der Waals surface area (Å²) in [7, 11) is 1.62. The number of rotatable bonds is 7. The molecule has 0 saturated carbocycles. The van der Waals surface area contributed by atoms with Gasteiger partial charge in [-0.15, -0.1) is 0 Å². The highest BCUT2D eigenvalue weighted by atomic mass is 16.6. The molecule has 6 rings (SSSR count). The average molecular weight is 548 g/mol. The predicted octanol–water partition coefficient (Wildman–Crippen LogP) is 7.05. The van der Waals surface area contributed by atoms with E-state index in [9.17, 15) is 9.59 Å². The van der Waals surface area contributed by atoms with Crippen LogP contribution in [0.1, 0.15) is 52.7 Å². The van der Waals surface area contributed by atoms with Crippen molar-refractivity contribution in [2.45, 2.75) is 37.8 Å². The standard InChI is InChI=1S/C35H33NO5/c1-23-13-15-24(16-14-23)33(25-17-19-26(39-2)20-18-25)41-34(37)32-12-7-21-36(32)35(38)40-22-31-29-10-5-3-8-27(29)28-9-4-6-11-30(28)31/h3-6,8-11,13-20,31-33H,7,12,21-22H2,1-2H3/t32-,33?/m0/s1. The minimum absolute atomic E-state index is 0.0413. The van der Waals surface area contributed by atoms with Crippen LogP contribution >= 0.6 is 0 Å².